The van der Waals surface area contributed by atoms with E-state index >= 15 is 0 Å². The van der Waals surface area contributed by atoms with Gasteiger partial charge in [0.05, 0.1) is 19.5 Å². The summed E-state index contributed by atoms with van der Waals surface area (Å²) in [6.45, 7) is -0.110. The second-order valence-electron chi connectivity index (χ2n) is 3.37. The summed E-state index contributed by atoms with van der Waals surface area (Å²) in [5.41, 5.74) is 1.25. The molecule has 0 unspecified atom stereocenters. The van der Waals surface area contributed by atoms with Crippen LogP contribution in [0.3, 0.4) is 0 Å². The van der Waals surface area contributed by atoms with Gasteiger partial charge in [0.25, 0.3) is 0 Å². The maximum Gasteiger partial charge on any atom is 0.151 e. The molecule has 0 saturated carbocycles. The Morgan fingerprint density at radius 2 is 2.07 bits per heavy atom. The SMILES string of the molecule is COc1ccc(CO)cc1CS(C)(=O)=O. The van der Waals surface area contributed by atoms with Crippen LogP contribution in [-0.4, -0.2) is 26.9 Å². The minimum Gasteiger partial charge on any atom is -0.496 e. The van der Waals surface area contributed by atoms with Gasteiger partial charge in [0, 0.05) is 11.8 Å². The van der Waals surface area contributed by atoms with E-state index in [1.807, 2.05) is 0 Å². The second kappa shape index (κ2) is 4.63. The number of ether oxygens (including phenoxy) is 1. The predicted molar refractivity (Wildman–Crippen MR) is 57.5 cm³/mol. The van der Waals surface area contributed by atoms with Gasteiger partial charge in [-0.3, -0.25) is 0 Å². The molecular weight excluding hydrogens is 216 g/mol. The summed E-state index contributed by atoms with van der Waals surface area (Å²) in [5, 5.41) is 8.93. The van der Waals surface area contributed by atoms with Gasteiger partial charge in [-0.25, -0.2) is 8.42 Å². The van der Waals surface area contributed by atoms with E-state index in [1.54, 1.807) is 18.2 Å². The predicted octanol–water partition coefficient (Wildman–Crippen LogP) is 0.732. The van der Waals surface area contributed by atoms with E-state index in [4.69, 9.17) is 9.84 Å². The molecule has 0 aliphatic heterocycles. The van der Waals surface area contributed by atoms with Gasteiger partial charge in [0.15, 0.2) is 9.84 Å². The fourth-order valence-corrected chi connectivity index (χ4v) is 2.12. The normalized spacial score (nSPS) is 11.4. The lowest BCUT2D eigenvalue weighted by Gasteiger charge is -2.08. The maximum absolute atomic E-state index is 11.2. The number of aliphatic hydroxyl groups is 1. The Morgan fingerprint density at radius 3 is 2.53 bits per heavy atom. The van der Waals surface area contributed by atoms with E-state index in [2.05, 4.69) is 0 Å². The topological polar surface area (TPSA) is 63.6 Å². The minimum absolute atomic E-state index is 0.0794. The number of hydrogen-bond acceptors (Lipinski definition) is 4. The third kappa shape index (κ3) is 3.53. The maximum atomic E-state index is 11.2. The van der Waals surface area contributed by atoms with Crippen LogP contribution in [0.1, 0.15) is 11.1 Å². The zero-order valence-corrected chi connectivity index (χ0v) is 9.54. The first-order valence-electron chi connectivity index (χ1n) is 4.40. The summed E-state index contributed by atoms with van der Waals surface area (Å²) < 4.78 is 27.3. The smallest absolute Gasteiger partial charge is 0.151 e. The third-order valence-corrected chi connectivity index (χ3v) is 2.78. The highest BCUT2D eigenvalue weighted by Crippen LogP contribution is 2.21. The first kappa shape index (κ1) is 12.0. The Kier molecular flexibility index (Phi) is 3.71. The van der Waals surface area contributed by atoms with Crippen LogP contribution in [0.4, 0.5) is 0 Å². The lowest BCUT2D eigenvalue weighted by molar-refractivity contribution is 0.281. The summed E-state index contributed by atoms with van der Waals surface area (Å²) in [6.07, 6.45) is 1.16. The highest BCUT2D eigenvalue weighted by Gasteiger charge is 2.10. The highest BCUT2D eigenvalue weighted by atomic mass is 32.2. The Bertz CT molecular complexity index is 437. The molecular formula is C10H14O4S. The zero-order chi connectivity index (χ0) is 11.5. The molecule has 0 spiro atoms. The van der Waals surface area contributed by atoms with Gasteiger partial charge in [-0.05, 0) is 17.7 Å². The summed E-state index contributed by atoms with van der Waals surface area (Å²) in [4.78, 5) is 0. The molecule has 15 heavy (non-hydrogen) atoms. The Morgan fingerprint density at radius 1 is 1.40 bits per heavy atom. The molecule has 1 aromatic carbocycles. The van der Waals surface area contributed by atoms with Crippen molar-refractivity contribution in [2.45, 2.75) is 12.4 Å². The number of rotatable bonds is 4. The van der Waals surface area contributed by atoms with Gasteiger partial charge in [0.1, 0.15) is 5.75 Å². The summed E-state index contributed by atoms with van der Waals surface area (Å²) in [6, 6.07) is 5.00. The van der Waals surface area contributed by atoms with Crippen molar-refractivity contribution in [2.75, 3.05) is 13.4 Å². The molecule has 84 valence electrons. The molecule has 0 aromatic heterocycles. The molecule has 0 atom stereocenters. The van der Waals surface area contributed by atoms with Crippen LogP contribution in [0.25, 0.3) is 0 Å². The third-order valence-electron chi connectivity index (χ3n) is 1.95. The lowest BCUT2D eigenvalue weighted by atomic mass is 10.1. The Labute approximate surface area is 89.4 Å². The highest BCUT2D eigenvalue weighted by molar-refractivity contribution is 7.89. The molecule has 0 amide bonds. The van der Waals surface area contributed by atoms with E-state index in [0.29, 0.717) is 16.9 Å². The van der Waals surface area contributed by atoms with E-state index in [0.717, 1.165) is 6.26 Å². The van der Waals surface area contributed by atoms with E-state index < -0.39 is 9.84 Å². The molecule has 4 nitrogen and oxygen atoms in total. The Balaban J connectivity index is 3.12. The molecule has 0 aliphatic rings. The fourth-order valence-electron chi connectivity index (χ4n) is 1.33. The Hall–Kier alpha value is -1.07. The van der Waals surface area contributed by atoms with Crippen molar-refractivity contribution >= 4 is 9.84 Å². The van der Waals surface area contributed by atoms with Crippen molar-refractivity contribution in [3.63, 3.8) is 0 Å². The van der Waals surface area contributed by atoms with Crippen molar-refractivity contribution in [1.82, 2.24) is 0 Å². The van der Waals surface area contributed by atoms with Crippen molar-refractivity contribution < 1.29 is 18.3 Å². The molecule has 0 saturated heterocycles. The monoisotopic (exact) mass is 230 g/mol. The van der Waals surface area contributed by atoms with E-state index in [-0.39, 0.29) is 12.4 Å². The number of aliphatic hydroxyl groups excluding tert-OH is 1. The van der Waals surface area contributed by atoms with Crippen LogP contribution < -0.4 is 4.74 Å². The van der Waals surface area contributed by atoms with Gasteiger partial charge in [-0.15, -0.1) is 0 Å². The minimum atomic E-state index is -3.10. The van der Waals surface area contributed by atoms with Crippen molar-refractivity contribution in [2.24, 2.45) is 0 Å². The quantitative estimate of drug-likeness (QED) is 0.828. The van der Waals surface area contributed by atoms with Gasteiger partial charge in [-0.2, -0.15) is 0 Å². The molecule has 1 N–H and O–H groups in total. The molecule has 0 fully saturated rings. The van der Waals surface area contributed by atoms with E-state index in [1.165, 1.54) is 7.11 Å². The molecule has 1 aromatic rings. The van der Waals surface area contributed by atoms with Crippen molar-refractivity contribution in [3.8, 4) is 5.75 Å². The van der Waals surface area contributed by atoms with Crippen LogP contribution in [0.5, 0.6) is 5.75 Å². The number of hydrogen-bond donors (Lipinski definition) is 1. The molecule has 0 aliphatic carbocycles. The van der Waals surface area contributed by atoms with E-state index in [9.17, 15) is 8.42 Å². The van der Waals surface area contributed by atoms with Gasteiger partial charge in [0.2, 0.25) is 0 Å². The average Bonchev–Trinajstić information content (AvgIpc) is 2.15. The number of methoxy groups -OCH3 is 1. The second-order valence-corrected chi connectivity index (χ2v) is 5.51. The van der Waals surface area contributed by atoms with Crippen LogP contribution >= 0.6 is 0 Å². The van der Waals surface area contributed by atoms with Crippen LogP contribution in [0.2, 0.25) is 0 Å². The molecule has 0 radical (unpaired) electrons. The fraction of sp³-hybridized carbons (Fsp3) is 0.400. The van der Waals surface area contributed by atoms with Crippen LogP contribution in [0.15, 0.2) is 18.2 Å². The van der Waals surface area contributed by atoms with Crippen molar-refractivity contribution in [1.29, 1.82) is 0 Å². The first-order chi connectivity index (χ1) is 6.96. The van der Waals surface area contributed by atoms with Gasteiger partial charge < -0.3 is 9.84 Å². The van der Waals surface area contributed by atoms with Gasteiger partial charge >= 0.3 is 0 Å². The summed E-state index contributed by atoms with van der Waals surface area (Å²) in [7, 11) is -1.61. The largest absolute Gasteiger partial charge is 0.496 e. The summed E-state index contributed by atoms with van der Waals surface area (Å²) >= 11 is 0. The zero-order valence-electron chi connectivity index (χ0n) is 8.73. The lowest BCUT2D eigenvalue weighted by Crippen LogP contribution is -2.03. The summed E-state index contributed by atoms with van der Waals surface area (Å²) in [5.74, 6) is 0.446. The standard InChI is InChI=1S/C10H14O4S/c1-14-10-4-3-8(6-11)5-9(10)7-15(2,12)13/h3-5,11H,6-7H2,1-2H3. The van der Waals surface area contributed by atoms with Crippen molar-refractivity contribution in [3.05, 3.63) is 29.3 Å². The number of benzene rings is 1. The first-order valence-corrected chi connectivity index (χ1v) is 6.46. The van der Waals surface area contributed by atoms with Crippen LogP contribution in [-0.2, 0) is 22.2 Å². The molecule has 1 rings (SSSR count). The van der Waals surface area contributed by atoms with Gasteiger partial charge in [-0.1, -0.05) is 6.07 Å². The molecule has 0 heterocycles. The molecule has 0 bridgehead atoms. The number of sulfone groups is 1. The van der Waals surface area contributed by atoms with Crippen LogP contribution in [0, 0.1) is 0 Å². The molecule has 5 heteroatoms. The average molecular weight is 230 g/mol.